The Labute approximate surface area is 209 Å². The van der Waals surface area contributed by atoms with Crippen LogP contribution in [0.3, 0.4) is 0 Å². The van der Waals surface area contributed by atoms with Crippen molar-refractivity contribution < 1.29 is 50.0 Å². The van der Waals surface area contributed by atoms with E-state index in [4.69, 9.17) is 14.2 Å². The first-order chi connectivity index (χ1) is 16.7. The van der Waals surface area contributed by atoms with Crippen molar-refractivity contribution in [3.63, 3.8) is 0 Å². The van der Waals surface area contributed by atoms with Crippen LogP contribution in [0.5, 0.6) is 0 Å². The fraction of sp³-hybridized carbons (Fsp3) is 1.00. The summed E-state index contributed by atoms with van der Waals surface area (Å²) < 4.78 is 16.8. The zero-order valence-corrected chi connectivity index (χ0v) is 21.6. The Kier molecular flexibility index (Phi) is 16.7. The molecule has 0 amide bonds. The Morgan fingerprint density at radius 3 is 2.03 bits per heavy atom. The van der Waals surface area contributed by atoms with Crippen molar-refractivity contribution in [3.8, 4) is 0 Å². The highest BCUT2D eigenvalue weighted by Crippen LogP contribution is 2.27. The highest BCUT2D eigenvalue weighted by atomic mass is 16.7. The molecule has 10 unspecified atom stereocenters. The topological polar surface area (TPSA) is 169 Å². The summed E-state index contributed by atoms with van der Waals surface area (Å²) in [6.07, 6.45) is -1.42. The van der Waals surface area contributed by atoms with Crippen LogP contribution >= 0.6 is 0 Å². The first-order valence-electron chi connectivity index (χ1n) is 13.3. The molecule has 0 spiro atoms. The van der Waals surface area contributed by atoms with E-state index in [0.29, 0.717) is 0 Å². The van der Waals surface area contributed by atoms with Gasteiger partial charge in [0.25, 0.3) is 0 Å². The van der Waals surface area contributed by atoms with Gasteiger partial charge in [-0.15, -0.1) is 0 Å². The van der Waals surface area contributed by atoms with Crippen LogP contribution in [0.1, 0.15) is 85.0 Å². The predicted molar refractivity (Wildman–Crippen MR) is 129 cm³/mol. The van der Waals surface area contributed by atoms with Gasteiger partial charge in [-0.05, 0) is 19.3 Å². The largest absolute Gasteiger partial charge is 0.396 e. The molecule has 1 fully saturated rings. The van der Waals surface area contributed by atoms with Gasteiger partial charge in [-0.1, -0.05) is 65.7 Å². The number of aliphatic hydroxyl groups excluding tert-OH is 7. The maximum atomic E-state index is 10.9. The average molecular weight is 511 g/mol. The summed E-state index contributed by atoms with van der Waals surface area (Å²) in [4.78, 5) is 0. The van der Waals surface area contributed by atoms with E-state index in [2.05, 4.69) is 6.92 Å². The van der Waals surface area contributed by atoms with E-state index in [1.54, 1.807) is 6.92 Å². The fourth-order valence-corrected chi connectivity index (χ4v) is 4.32. The van der Waals surface area contributed by atoms with Crippen LogP contribution in [0, 0.1) is 5.92 Å². The summed E-state index contributed by atoms with van der Waals surface area (Å²) in [7, 11) is 0. The molecule has 210 valence electrons. The summed E-state index contributed by atoms with van der Waals surface area (Å²) in [6.45, 7) is 4.81. The Bertz CT molecular complexity index is 522. The number of ether oxygens (including phenoxy) is 3. The molecule has 0 aliphatic carbocycles. The molecule has 1 heterocycles. The first-order valence-corrected chi connectivity index (χ1v) is 13.3. The molecule has 0 saturated carbocycles. The minimum absolute atomic E-state index is 0.0392. The maximum Gasteiger partial charge on any atom is 0.187 e. The van der Waals surface area contributed by atoms with Crippen molar-refractivity contribution in [2.45, 2.75) is 140 Å². The second kappa shape index (κ2) is 18.0. The quantitative estimate of drug-likeness (QED) is 0.0974. The van der Waals surface area contributed by atoms with Crippen LogP contribution in [0.4, 0.5) is 0 Å². The Morgan fingerprint density at radius 2 is 1.46 bits per heavy atom. The van der Waals surface area contributed by atoms with Crippen molar-refractivity contribution in [3.05, 3.63) is 0 Å². The van der Waals surface area contributed by atoms with E-state index in [-0.39, 0.29) is 19.1 Å². The van der Waals surface area contributed by atoms with Crippen molar-refractivity contribution in [1.29, 1.82) is 0 Å². The maximum absolute atomic E-state index is 10.9. The van der Waals surface area contributed by atoms with Crippen LogP contribution < -0.4 is 0 Å². The van der Waals surface area contributed by atoms with Crippen LogP contribution in [-0.2, 0) is 14.2 Å². The van der Waals surface area contributed by atoms with Crippen LogP contribution in [0.15, 0.2) is 0 Å². The fourth-order valence-electron chi connectivity index (χ4n) is 4.32. The Hall–Kier alpha value is -0.400. The molecule has 1 aliphatic rings. The van der Waals surface area contributed by atoms with Crippen molar-refractivity contribution >= 4 is 0 Å². The zero-order valence-electron chi connectivity index (χ0n) is 21.6. The standard InChI is InChI=1S/C25H50O10/c1-4-6-7-8-9-10-11-12-17(5-2)33-24(32)16(3)20(28)18(13-14-26)34-25-23(31)22(30)21(29)19(15-27)35-25/h16-32H,4-15H2,1-3H3. The number of unbranched alkanes of at least 4 members (excludes halogenated alkanes) is 6. The van der Waals surface area contributed by atoms with Crippen molar-refractivity contribution in [1.82, 2.24) is 0 Å². The van der Waals surface area contributed by atoms with Gasteiger partial charge in [-0.3, -0.25) is 0 Å². The summed E-state index contributed by atoms with van der Waals surface area (Å²) in [5.74, 6) is -0.792. The minimum atomic E-state index is -1.64. The smallest absolute Gasteiger partial charge is 0.187 e. The van der Waals surface area contributed by atoms with E-state index >= 15 is 0 Å². The molecule has 35 heavy (non-hydrogen) atoms. The highest BCUT2D eigenvalue weighted by Gasteiger charge is 2.46. The number of aliphatic hydroxyl groups is 7. The molecule has 1 aliphatic heterocycles. The van der Waals surface area contributed by atoms with Gasteiger partial charge >= 0.3 is 0 Å². The Morgan fingerprint density at radius 1 is 0.829 bits per heavy atom. The summed E-state index contributed by atoms with van der Waals surface area (Å²) in [5, 5.41) is 70.4. The lowest BCUT2D eigenvalue weighted by molar-refractivity contribution is -0.321. The normalized spacial score (nSPS) is 29.5. The van der Waals surface area contributed by atoms with Crippen molar-refractivity contribution in [2.75, 3.05) is 13.2 Å². The summed E-state index contributed by atoms with van der Waals surface area (Å²) in [5.41, 5.74) is 0. The minimum Gasteiger partial charge on any atom is -0.396 e. The predicted octanol–water partition coefficient (Wildman–Crippen LogP) is 0.805. The second-order valence-corrected chi connectivity index (χ2v) is 9.70. The van der Waals surface area contributed by atoms with E-state index < -0.39 is 61.7 Å². The first kappa shape index (κ1) is 32.6. The van der Waals surface area contributed by atoms with Gasteiger partial charge in [-0.2, -0.15) is 0 Å². The molecule has 10 nitrogen and oxygen atoms in total. The van der Waals surface area contributed by atoms with Gasteiger partial charge in [0.1, 0.15) is 24.4 Å². The van der Waals surface area contributed by atoms with Crippen LogP contribution in [-0.4, -0.2) is 104 Å². The molecule has 0 bridgehead atoms. The third-order valence-corrected chi connectivity index (χ3v) is 6.86. The lowest BCUT2D eigenvalue weighted by Gasteiger charge is -2.42. The van der Waals surface area contributed by atoms with Crippen molar-refractivity contribution in [2.24, 2.45) is 5.92 Å². The zero-order chi connectivity index (χ0) is 26.4. The van der Waals surface area contributed by atoms with Gasteiger partial charge in [0.15, 0.2) is 12.6 Å². The van der Waals surface area contributed by atoms with Gasteiger partial charge < -0.3 is 50.0 Å². The van der Waals surface area contributed by atoms with Crippen LogP contribution in [0.2, 0.25) is 0 Å². The highest BCUT2D eigenvalue weighted by molar-refractivity contribution is 4.90. The Balaban J connectivity index is 2.62. The third kappa shape index (κ3) is 10.9. The SMILES string of the molecule is CCCCCCCCCC(CC)OC(O)C(C)C(O)C(CCO)OC1OC(CO)C(O)C(O)C1O. The third-order valence-electron chi connectivity index (χ3n) is 6.86. The van der Waals surface area contributed by atoms with E-state index in [0.717, 1.165) is 25.7 Å². The lowest BCUT2D eigenvalue weighted by atomic mass is 9.96. The molecular weight excluding hydrogens is 460 g/mol. The molecule has 10 heteroatoms. The molecule has 0 radical (unpaired) electrons. The molecule has 1 saturated heterocycles. The van der Waals surface area contributed by atoms with Gasteiger partial charge in [0.2, 0.25) is 0 Å². The van der Waals surface area contributed by atoms with E-state index in [9.17, 15) is 35.7 Å². The van der Waals surface area contributed by atoms with Gasteiger partial charge in [0, 0.05) is 12.5 Å². The number of hydrogen-bond acceptors (Lipinski definition) is 10. The summed E-state index contributed by atoms with van der Waals surface area (Å²) >= 11 is 0. The average Bonchev–Trinajstić information content (AvgIpc) is 2.86. The monoisotopic (exact) mass is 510 g/mol. The summed E-state index contributed by atoms with van der Waals surface area (Å²) in [6, 6.07) is 0. The van der Waals surface area contributed by atoms with Gasteiger partial charge in [-0.25, -0.2) is 0 Å². The molecule has 7 N–H and O–H groups in total. The lowest BCUT2D eigenvalue weighted by Crippen LogP contribution is -2.60. The van der Waals surface area contributed by atoms with Crippen LogP contribution in [0.25, 0.3) is 0 Å². The molecule has 10 atom stereocenters. The number of rotatable bonds is 19. The molecule has 0 aromatic heterocycles. The second-order valence-electron chi connectivity index (χ2n) is 9.70. The van der Waals surface area contributed by atoms with E-state index in [1.165, 1.54) is 32.1 Å². The molecule has 0 aromatic carbocycles. The van der Waals surface area contributed by atoms with E-state index in [1.807, 2.05) is 6.92 Å². The van der Waals surface area contributed by atoms with Gasteiger partial charge in [0.05, 0.1) is 24.9 Å². The molecule has 1 rings (SSSR count). The number of hydrogen-bond donors (Lipinski definition) is 7. The molecule has 0 aromatic rings. The molecular formula is C25H50O10.